The smallest absolute Gasteiger partial charge is 0.164 e. The van der Waals surface area contributed by atoms with Gasteiger partial charge >= 0.3 is 0 Å². The van der Waals surface area contributed by atoms with Gasteiger partial charge in [-0.15, -0.1) is 22.7 Å². The number of rotatable bonds is 9. The highest BCUT2D eigenvalue weighted by atomic mass is 32.1. The molecule has 2 aliphatic rings. The molecule has 0 radical (unpaired) electrons. The lowest BCUT2D eigenvalue weighted by Crippen LogP contribution is -2.14. The average molecular weight is 1210 g/mol. The Morgan fingerprint density at radius 1 is 0.239 bits per heavy atom. The molecule has 5 nitrogen and oxygen atoms in total. The van der Waals surface area contributed by atoms with Gasteiger partial charge in [-0.05, 0) is 132 Å². The van der Waals surface area contributed by atoms with E-state index in [4.69, 9.17) is 24.9 Å². The Morgan fingerprint density at radius 2 is 0.630 bits per heavy atom. The summed E-state index contributed by atoms with van der Waals surface area (Å²) in [5.41, 5.74) is 24.7. The van der Waals surface area contributed by atoms with Crippen LogP contribution in [0.2, 0.25) is 0 Å². The molecule has 0 unspecified atom stereocenters. The summed E-state index contributed by atoms with van der Waals surface area (Å²) in [5.74, 6) is 2.57. The fourth-order valence-corrected chi connectivity index (χ4v) is 17.1. The quantitative estimate of drug-likeness (QED) is 0.144. The molecule has 2 aliphatic carbocycles. The molecule has 0 fully saturated rings. The molecule has 16 aromatic rings. The van der Waals surface area contributed by atoms with Crippen molar-refractivity contribution in [1.82, 2.24) is 24.9 Å². The first kappa shape index (κ1) is 54.1. The predicted molar refractivity (Wildman–Crippen MR) is 385 cm³/mol. The van der Waals surface area contributed by atoms with E-state index in [1.54, 1.807) is 0 Å². The molecule has 0 N–H and O–H groups in total. The van der Waals surface area contributed by atoms with Gasteiger partial charge in [-0.3, -0.25) is 0 Å². The average Bonchev–Trinajstić information content (AvgIpc) is 1.57. The predicted octanol–water partition coefficient (Wildman–Crippen LogP) is 23.0. The lowest BCUT2D eigenvalue weighted by molar-refractivity contribution is 0.660. The largest absolute Gasteiger partial charge is 0.228 e. The molecule has 92 heavy (non-hydrogen) atoms. The highest BCUT2D eigenvalue weighted by molar-refractivity contribution is 7.26. The van der Waals surface area contributed by atoms with Gasteiger partial charge in [0.15, 0.2) is 23.3 Å². The maximum absolute atomic E-state index is 5.42. The van der Waals surface area contributed by atoms with Gasteiger partial charge < -0.3 is 0 Å². The van der Waals surface area contributed by atoms with Crippen LogP contribution in [0.25, 0.3) is 164 Å². The van der Waals surface area contributed by atoms with E-state index in [9.17, 15) is 0 Å². The number of fused-ring (bicyclic) bond motifs is 12. The highest BCUT2D eigenvalue weighted by Crippen LogP contribution is 2.55. The molecule has 7 heteroatoms. The van der Waals surface area contributed by atoms with Gasteiger partial charge in [0.2, 0.25) is 0 Å². The van der Waals surface area contributed by atoms with Crippen LogP contribution in [0.15, 0.2) is 273 Å². The van der Waals surface area contributed by atoms with Crippen LogP contribution >= 0.6 is 22.7 Å². The van der Waals surface area contributed by atoms with Crippen molar-refractivity contribution in [2.24, 2.45) is 0 Å². The van der Waals surface area contributed by atoms with Crippen molar-refractivity contribution in [2.45, 2.75) is 38.5 Å². The van der Waals surface area contributed by atoms with Crippen molar-refractivity contribution < 1.29 is 0 Å². The van der Waals surface area contributed by atoms with Gasteiger partial charge in [0.05, 0.1) is 11.4 Å². The number of benzene rings is 12. The maximum atomic E-state index is 5.42. The second-order valence-corrected chi connectivity index (χ2v) is 27.6. The molecule has 434 valence electrons. The van der Waals surface area contributed by atoms with Gasteiger partial charge in [-0.1, -0.05) is 246 Å². The minimum absolute atomic E-state index is 0.0935. The molecule has 0 atom stereocenters. The molecule has 4 heterocycles. The number of hydrogen-bond donors (Lipinski definition) is 0. The Hall–Kier alpha value is -10.8. The van der Waals surface area contributed by atoms with Crippen LogP contribution < -0.4 is 0 Å². The van der Waals surface area contributed by atoms with Crippen LogP contribution in [0.4, 0.5) is 0 Å². The molecular weight excluding hydrogens is 1160 g/mol. The number of hydrogen-bond acceptors (Lipinski definition) is 7. The third-order valence-electron chi connectivity index (χ3n) is 19.4. The highest BCUT2D eigenvalue weighted by Gasteiger charge is 2.38. The Balaban J connectivity index is 0.757. The lowest BCUT2D eigenvalue weighted by Gasteiger charge is -2.22. The van der Waals surface area contributed by atoms with Gasteiger partial charge in [0, 0.05) is 84.6 Å². The van der Waals surface area contributed by atoms with E-state index in [1.807, 2.05) is 53.0 Å². The van der Waals surface area contributed by atoms with Crippen LogP contribution in [0.5, 0.6) is 0 Å². The van der Waals surface area contributed by atoms with E-state index >= 15 is 0 Å². The first-order valence-corrected chi connectivity index (χ1v) is 33.1. The van der Waals surface area contributed by atoms with E-state index in [-0.39, 0.29) is 10.8 Å². The van der Waals surface area contributed by atoms with E-state index in [2.05, 4.69) is 270 Å². The Labute approximate surface area is 541 Å². The Kier molecular flexibility index (Phi) is 12.3. The van der Waals surface area contributed by atoms with Crippen molar-refractivity contribution in [1.29, 1.82) is 0 Å². The second kappa shape index (κ2) is 20.9. The normalized spacial score (nSPS) is 13.4. The van der Waals surface area contributed by atoms with Gasteiger partial charge in [0.25, 0.3) is 0 Å². The zero-order valence-corrected chi connectivity index (χ0v) is 52.7. The van der Waals surface area contributed by atoms with Crippen molar-refractivity contribution in [3.8, 4) is 124 Å². The first-order valence-electron chi connectivity index (χ1n) is 31.4. The van der Waals surface area contributed by atoms with Gasteiger partial charge in [-0.2, -0.15) is 0 Å². The topological polar surface area (TPSA) is 64.5 Å². The summed E-state index contributed by atoms with van der Waals surface area (Å²) in [7, 11) is 0. The van der Waals surface area contributed by atoms with Crippen molar-refractivity contribution in [3.05, 3.63) is 295 Å². The summed E-state index contributed by atoms with van der Waals surface area (Å²) < 4.78 is 4.89. The first-order chi connectivity index (χ1) is 45.1. The van der Waals surface area contributed by atoms with Crippen LogP contribution in [-0.4, -0.2) is 24.9 Å². The van der Waals surface area contributed by atoms with E-state index in [0.717, 1.165) is 61.5 Å². The minimum atomic E-state index is -0.248. The third-order valence-corrected chi connectivity index (χ3v) is 21.6. The molecule has 4 aromatic heterocycles. The minimum Gasteiger partial charge on any atom is -0.228 e. The van der Waals surface area contributed by atoms with Gasteiger partial charge in [-0.25, -0.2) is 24.9 Å². The number of thiophene rings is 2. The lowest BCUT2D eigenvalue weighted by atomic mass is 9.81. The van der Waals surface area contributed by atoms with E-state index < -0.39 is 0 Å². The third kappa shape index (κ3) is 8.67. The monoisotopic (exact) mass is 1210 g/mol. The molecule has 0 aliphatic heterocycles. The number of aromatic nitrogens is 5. The molecule has 0 bridgehead atoms. The Morgan fingerprint density at radius 3 is 1.21 bits per heavy atom. The van der Waals surface area contributed by atoms with Crippen LogP contribution in [0.1, 0.15) is 49.9 Å². The molecule has 0 saturated carbocycles. The zero-order valence-electron chi connectivity index (χ0n) is 51.0. The maximum Gasteiger partial charge on any atom is 0.164 e. The zero-order chi connectivity index (χ0) is 61.4. The molecule has 0 saturated heterocycles. The second-order valence-electron chi connectivity index (χ2n) is 25.5. The molecule has 18 rings (SSSR count). The van der Waals surface area contributed by atoms with E-state index in [0.29, 0.717) is 23.3 Å². The van der Waals surface area contributed by atoms with Gasteiger partial charge in [0.1, 0.15) is 0 Å². The number of nitrogens with zero attached hydrogens (tertiary/aromatic N) is 5. The summed E-state index contributed by atoms with van der Waals surface area (Å²) in [4.78, 5) is 26.7. The van der Waals surface area contributed by atoms with Crippen LogP contribution in [0.3, 0.4) is 0 Å². The van der Waals surface area contributed by atoms with Crippen molar-refractivity contribution in [3.63, 3.8) is 0 Å². The van der Waals surface area contributed by atoms with Crippen molar-refractivity contribution in [2.75, 3.05) is 0 Å². The van der Waals surface area contributed by atoms with Crippen molar-refractivity contribution >= 4 is 63.0 Å². The summed E-state index contributed by atoms with van der Waals surface area (Å²) in [6.07, 6.45) is 0. The standard InChI is InChI=1S/C85H57N5S2/c1-84(2)67-31-17-14-27-60(67)65-43-55(39-41-68(65)84)63-46-58(48-76-78(63)61-28-15-18-33-73(61)92-76)83-89-80(53-25-12-7-13-26-53)88-81(90-83)54-37-35-50(36-38-54)59-30-20-32-70-77(59)66-44-56(40-42-69(66)85(70,3)4)64-45-57(47-75-79(64)62-29-16-19-34-74(62)91-75)82-86-71(51-21-8-5-9-22-51)49-72(87-82)52-23-10-6-11-24-52/h5-49H,1-4H3. The fraction of sp³-hybridized carbons (Fsp3) is 0.0706. The Bertz CT molecular complexity index is 5630. The molecule has 0 spiro atoms. The molecule has 12 aromatic carbocycles. The summed E-state index contributed by atoms with van der Waals surface area (Å²) in [6, 6.07) is 98.9. The van der Waals surface area contributed by atoms with E-state index in [1.165, 1.54) is 102 Å². The summed E-state index contributed by atoms with van der Waals surface area (Å²) in [6.45, 7) is 9.42. The summed E-state index contributed by atoms with van der Waals surface area (Å²) in [5, 5.41) is 4.99. The fourth-order valence-electron chi connectivity index (χ4n) is 14.8. The SMILES string of the molecule is CC1(C)c2ccccc2-c2cc(-c3cc(-c4nc(-c5ccccc5)nc(-c5ccc(-c6cccc7c6-c6cc(-c8cc(-c9nc(-c%10ccccc%10)cc(-c%10ccccc%10)n9)cc9sc%10ccccc%10c89)ccc6C7(C)C)cc5)n4)cc4sc5ccccc5c34)ccc21. The van der Waals surface area contributed by atoms with Crippen LogP contribution in [0, 0.1) is 0 Å². The summed E-state index contributed by atoms with van der Waals surface area (Å²) >= 11 is 3.65. The molecular formula is C85H57N5S2. The molecule has 0 amide bonds. The van der Waals surface area contributed by atoms with Crippen LogP contribution in [-0.2, 0) is 10.8 Å².